The number of likely N-dealkylation sites (tertiary alicyclic amines) is 1. The van der Waals surface area contributed by atoms with Gasteiger partial charge in [-0.3, -0.25) is 0 Å². The monoisotopic (exact) mass is 154 g/mol. The van der Waals surface area contributed by atoms with Gasteiger partial charge in [-0.15, -0.1) is 0 Å². The standard InChI is InChI=1S/C9H18N2/c1-6(2)11-4-7-3-9(10)8(7)5-11/h6-9H,3-5,10H2,1-2H3/t7?,8?,9-/m1/s1. The van der Waals surface area contributed by atoms with Gasteiger partial charge in [0.05, 0.1) is 0 Å². The average molecular weight is 154 g/mol. The van der Waals surface area contributed by atoms with Crippen LogP contribution in [0.4, 0.5) is 0 Å². The summed E-state index contributed by atoms with van der Waals surface area (Å²) in [6.07, 6.45) is 1.27. The summed E-state index contributed by atoms with van der Waals surface area (Å²) in [5.74, 6) is 1.77. The minimum Gasteiger partial charge on any atom is -0.327 e. The van der Waals surface area contributed by atoms with Gasteiger partial charge in [0.2, 0.25) is 0 Å². The highest BCUT2D eigenvalue weighted by molar-refractivity contribution is 5.00. The van der Waals surface area contributed by atoms with Crippen LogP contribution in [-0.2, 0) is 0 Å². The zero-order valence-electron chi connectivity index (χ0n) is 7.46. The molecule has 2 heteroatoms. The molecule has 2 N–H and O–H groups in total. The molecule has 1 saturated carbocycles. The first-order chi connectivity index (χ1) is 5.18. The first-order valence-electron chi connectivity index (χ1n) is 4.68. The van der Waals surface area contributed by atoms with Gasteiger partial charge in [0.25, 0.3) is 0 Å². The first-order valence-corrected chi connectivity index (χ1v) is 4.68. The lowest BCUT2D eigenvalue weighted by atomic mass is 9.72. The van der Waals surface area contributed by atoms with Gasteiger partial charge in [0.1, 0.15) is 0 Å². The Hall–Kier alpha value is -0.0800. The number of fused-ring (bicyclic) bond motifs is 1. The van der Waals surface area contributed by atoms with E-state index in [0.29, 0.717) is 12.1 Å². The molecule has 64 valence electrons. The Labute approximate surface area is 68.7 Å². The van der Waals surface area contributed by atoms with Gasteiger partial charge in [0, 0.05) is 25.2 Å². The average Bonchev–Trinajstić information content (AvgIpc) is 2.26. The Kier molecular flexibility index (Phi) is 1.69. The van der Waals surface area contributed by atoms with Gasteiger partial charge in [0.15, 0.2) is 0 Å². The van der Waals surface area contributed by atoms with Crippen LogP contribution in [0.25, 0.3) is 0 Å². The molecule has 2 unspecified atom stereocenters. The van der Waals surface area contributed by atoms with Crippen molar-refractivity contribution in [2.24, 2.45) is 17.6 Å². The molecule has 0 bridgehead atoms. The lowest BCUT2D eigenvalue weighted by Crippen LogP contribution is -2.46. The van der Waals surface area contributed by atoms with Crippen molar-refractivity contribution < 1.29 is 0 Å². The van der Waals surface area contributed by atoms with Crippen molar-refractivity contribution in [3.8, 4) is 0 Å². The maximum absolute atomic E-state index is 5.90. The zero-order valence-corrected chi connectivity index (χ0v) is 7.46. The van der Waals surface area contributed by atoms with Gasteiger partial charge in [-0.1, -0.05) is 0 Å². The van der Waals surface area contributed by atoms with Crippen LogP contribution in [0.2, 0.25) is 0 Å². The molecule has 0 spiro atoms. The Morgan fingerprint density at radius 1 is 1.36 bits per heavy atom. The molecule has 1 saturated heterocycles. The summed E-state index contributed by atoms with van der Waals surface area (Å²) in [5, 5.41) is 0. The third kappa shape index (κ3) is 1.09. The summed E-state index contributed by atoms with van der Waals surface area (Å²) in [5.41, 5.74) is 5.90. The highest BCUT2D eigenvalue weighted by Crippen LogP contribution is 2.40. The van der Waals surface area contributed by atoms with E-state index in [9.17, 15) is 0 Å². The summed E-state index contributed by atoms with van der Waals surface area (Å²) < 4.78 is 0. The fourth-order valence-corrected chi connectivity index (χ4v) is 2.42. The van der Waals surface area contributed by atoms with Crippen LogP contribution in [0, 0.1) is 11.8 Å². The predicted molar refractivity (Wildman–Crippen MR) is 46.3 cm³/mol. The van der Waals surface area contributed by atoms with Gasteiger partial charge in [-0.2, -0.15) is 0 Å². The lowest BCUT2D eigenvalue weighted by molar-refractivity contribution is 0.194. The molecule has 3 atom stereocenters. The van der Waals surface area contributed by atoms with Crippen molar-refractivity contribution >= 4 is 0 Å². The van der Waals surface area contributed by atoms with Crippen LogP contribution in [0.1, 0.15) is 20.3 Å². The van der Waals surface area contributed by atoms with Crippen LogP contribution < -0.4 is 5.73 Å². The maximum Gasteiger partial charge on any atom is 0.00857 e. The van der Waals surface area contributed by atoms with Crippen molar-refractivity contribution in [2.45, 2.75) is 32.4 Å². The van der Waals surface area contributed by atoms with Crippen molar-refractivity contribution in [3.05, 3.63) is 0 Å². The molecule has 1 heterocycles. The number of nitrogens with two attached hydrogens (primary N) is 1. The predicted octanol–water partition coefficient (Wildman–Crippen LogP) is 0.674. The Morgan fingerprint density at radius 2 is 2.09 bits per heavy atom. The van der Waals surface area contributed by atoms with Crippen LogP contribution in [-0.4, -0.2) is 30.1 Å². The van der Waals surface area contributed by atoms with E-state index in [1.165, 1.54) is 19.5 Å². The normalized spacial score (nSPS) is 44.2. The molecule has 2 rings (SSSR count). The van der Waals surface area contributed by atoms with Crippen LogP contribution >= 0.6 is 0 Å². The molecule has 11 heavy (non-hydrogen) atoms. The second-order valence-electron chi connectivity index (χ2n) is 4.37. The van der Waals surface area contributed by atoms with Gasteiger partial charge >= 0.3 is 0 Å². The third-order valence-electron chi connectivity index (χ3n) is 3.37. The molecule has 1 aliphatic carbocycles. The van der Waals surface area contributed by atoms with Gasteiger partial charge in [-0.05, 0) is 32.1 Å². The fourth-order valence-electron chi connectivity index (χ4n) is 2.42. The number of hydrogen-bond acceptors (Lipinski definition) is 2. The second-order valence-corrected chi connectivity index (χ2v) is 4.37. The number of hydrogen-bond donors (Lipinski definition) is 1. The lowest BCUT2D eigenvalue weighted by Gasteiger charge is -2.36. The largest absolute Gasteiger partial charge is 0.327 e. The topological polar surface area (TPSA) is 29.3 Å². The molecule has 1 aliphatic heterocycles. The SMILES string of the molecule is CC(C)N1CC2C[C@@H](N)C2C1. The highest BCUT2D eigenvalue weighted by atomic mass is 15.2. The van der Waals surface area contributed by atoms with Crippen molar-refractivity contribution in [2.75, 3.05) is 13.1 Å². The van der Waals surface area contributed by atoms with Crippen LogP contribution in [0.15, 0.2) is 0 Å². The van der Waals surface area contributed by atoms with E-state index in [4.69, 9.17) is 5.73 Å². The summed E-state index contributed by atoms with van der Waals surface area (Å²) >= 11 is 0. The van der Waals surface area contributed by atoms with E-state index in [2.05, 4.69) is 18.7 Å². The molecule has 0 amide bonds. The third-order valence-corrected chi connectivity index (χ3v) is 3.37. The van der Waals surface area contributed by atoms with E-state index in [1.54, 1.807) is 0 Å². The minimum absolute atomic E-state index is 0.517. The molecule has 0 radical (unpaired) electrons. The quantitative estimate of drug-likeness (QED) is 0.601. The summed E-state index contributed by atoms with van der Waals surface area (Å²) in [4.78, 5) is 2.56. The fraction of sp³-hybridized carbons (Fsp3) is 1.00. The van der Waals surface area contributed by atoms with E-state index in [1.807, 2.05) is 0 Å². The van der Waals surface area contributed by atoms with Crippen molar-refractivity contribution in [1.29, 1.82) is 0 Å². The number of rotatable bonds is 1. The van der Waals surface area contributed by atoms with E-state index in [-0.39, 0.29) is 0 Å². The summed E-state index contributed by atoms with van der Waals surface area (Å²) in [7, 11) is 0. The summed E-state index contributed by atoms with van der Waals surface area (Å²) in [6.45, 7) is 7.10. The second kappa shape index (κ2) is 2.46. The molecule has 2 fully saturated rings. The Bertz CT molecular complexity index is 156. The van der Waals surface area contributed by atoms with Crippen molar-refractivity contribution in [1.82, 2.24) is 4.90 Å². The molecular weight excluding hydrogens is 136 g/mol. The van der Waals surface area contributed by atoms with E-state index in [0.717, 1.165) is 11.8 Å². The zero-order chi connectivity index (χ0) is 8.01. The smallest absolute Gasteiger partial charge is 0.00857 e. The van der Waals surface area contributed by atoms with Gasteiger partial charge in [-0.25, -0.2) is 0 Å². The molecule has 2 aliphatic rings. The van der Waals surface area contributed by atoms with Crippen molar-refractivity contribution in [3.63, 3.8) is 0 Å². The molecule has 0 aromatic carbocycles. The Morgan fingerprint density at radius 3 is 2.55 bits per heavy atom. The molecule has 2 nitrogen and oxygen atoms in total. The molecular formula is C9H18N2. The van der Waals surface area contributed by atoms with Crippen LogP contribution in [0.5, 0.6) is 0 Å². The molecule has 0 aromatic rings. The molecule has 0 aromatic heterocycles. The maximum atomic E-state index is 5.90. The van der Waals surface area contributed by atoms with Crippen LogP contribution in [0.3, 0.4) is 0 Å². The summed E-state index contributed by atoms with van der Waals surface area (Å²) in [6, 6.07) is 1.23. The minimum atomic E-state index is 0.517. The Balaban J connectivity index is 1.93. The van der Waals surface area contributed by atoms with Gasteiger partial charge < -0.3 is 10.6 Å². The number of nitrogens with zero attached hydrogens (tertiary/aromatic N) is 1. The van der Waals surface area contributed by atoms with E-state index >= 15 is 0 Å². The van der Waals surface area contributed by atoms with E-state index < -0.39 is 0 Å². The first kappa shape index (κ1) is 7.56. The highest BCUT2D eigenvalue weighted by Gasteiger charge is 2.45.